The molecule has 1 unspecified atom stereocenters. The largest absolute Gasteiger partial charge is 0.409 e. The van der Waals surface area contributed by atoms with Gasteiger partial charge in [-0.15, -0.1) is 0 Å². The van der Waals surface area contributed by atoms with Gasteiger partial charge in [-0.05, 0) is 11.0 Å². The van der Waals surface area contributed by atoms with Crippen LogP contribution in [0.25, 0.3) is 0 Å². The first-order valence-corrected chi connectivity index (χ1v) is 5.70. The van der Waals surface area contributed by atoms with E-state index in [-0.39, 0.29) is 6.42 Å². The molecule has 1 rings (SSSR count). The fourth-order valence-corrected chi connectivity index (χ4v) is 1.61. The summed E-state index contributed by atoms with van der Waals surface area (Å²) in [6.07, 6.45) is -0.585. The molecule has 0 aliphatic rings. The first-order valence-electron chi connectivity index (χ1n) is 5.70. The molecule has 1 amide bonds. The standard InChI is InChI=1S/C12H16F3N3O/c1-11(2,3)10(12(13,14)15)18-9(19)4-8-5-16-7-17-6-8/h5-7,10H,4H2,1-3H3,(H,18,19). The number of carbonyl (C=O) groups excluding carboxylic acids is 1. The van der Waals surface area contributed by atoms with Crippen molar-refractivity contribution in [2.24, 2.45) is 5.41 Å². The maximum atomic E-state index is 12.9. The van der Waals surface area contributed by atoms with Crippen molar-refractivity contribution in [3.63, 3.8) is 0 Å². The van der Waals surface area contributed by atoms with E-state index in [1.165, 1.54) is 39.5 Å². The number of alkyl halides is 3. The lowest BCUT2D eigenvalue weighted by atomic mass is 9.86. The molecule has 1 N–H and O–H groups in total. The number of nitrogens with one attached hydrogen (secondary N) is 1. The van der Waals surface area contributed by atoms with Gasteiger partial charge in [0.1, 0.15) is 12.4 Å². The van der Waals surface area contributed by atoms with Crippen molar-refractivity contribution < 1.29 is 18.0 Å². The Bertz CT molecular complexity index is 412. The fourth-order valence-electron chi connectivity index (χ4n) is 1.61. The van der Waals surface area contributed by atoms with Crippen LogP contribution in [0.2, 0.25) is 0 Å². The minimum Gasteiger partial charge on any atom is -0.344 e. The van der Waals surface area contributed by atoms with Crippen LogP contribution < -0.4 is 5.32 Å². The Kier molecular flexibility index (Phi) is 4.49. The van der Waals surface area contributed by atoms with Gasteiger partial charge in [0.2, 0.25) is 5.91 Å². The van der Waals surface area contributed by atoms with Gasteiger partial charge in [-0.2, -0.15) is 13.2 Å². The molecule has 19 heavy (non-hydrogen) atoms. The number of nitrogens with zero attached hydrogens (tertiary/aromatic N) is 2. The minimum absolute atomic E-state index is 0.177. The summed E-state index contributed by atoms with van der Waals surface area (Å²) in [6.45, 7) is 4.28. The summed E-state index contributed by atoms with van der Waals surface area (Å²) in [7, 11) is 0. The highest BCUT2D eigenvalue weighted by Crippen LogP contribution is 2.33. The monoisotopic (exact) mass is 275 g/mol. The molecule has 0 spiro atoms. The van der Waals surface area contributed by atoms with Crippen LogP contribution in [0.1, 0.15) is 26.3 Å². The summed E-state index contributed by atoms with van der Waals surface area (Å²) in [5.41, 5.74) is -0.643. The van der Waals surface area contributed by atoms with Crippen molar-refractivity contribution in [3.8, 4) is 0 Å². The normalized spacial score (nSPS) is 14.0. The third-order valence-corrected chi connectivity index (χ3v) is 2.48. The third kappa shape index (κ3) is 4.84. The molecule has 0 aliphatic heterocycles. The van der Waals surface area contributed by atoms with Gasteiger partial charge in [0.05, 0.1) is 6.42 Å². The van der Waals surface area contributed by atoms with Crippen LogP contribution in [0.5, 0.6) is 0 Å². The minimum atomic E-state index is -4.49. The first kappa shape index (κ1) is 15.4. The second kappa shape index (κ2) is 5.54. The Balaban J connectivity index is 2.73. The number of aromatic nitrogens is 2. The zero-order valence-corrected chi connectivity index (χ0v) is 11.0. The Hall–Kier alpha value is -1.66. The molecular weight excluding hydrogens is 259 g/mol. The van der Waals surface area contributed by atoms with E-state index >= 15 is 0 Å². The number of rotatable bonds is 3. The molecule has 1 atom stereocenters. The summed E-state index contributed by atoms with van der Waals surface area (Å²) in [4.78, 5) is 19.1. The Morgan fingerprint density at radius 1 is 1.26 bits per heavy atom. The topological polar surface area (TPSA) is 54.9 Å². The number of carbonyl (C=O) groups is 1. The third-order valence-electron chi connectivity index (χ3n) is 2.48. The molecule has 0 saturated carbocycles. The van der Waals surface area contributed by atoms with Crippen LogP contribution in [0.3, 0.4) is 0 Å². The van der Waals surface area contributed by atoms with E-state index in [0.717, 1.165) is 0 Å². The molecule has 0 aromatic carbocycles. The highest BCUT2D eigenvalue weighted by molar-refractivity contribution is 5.78. The predicted molar refractivity (Wildman–Crippen MR) is 63.2 cm³/mol. The van der Waals surface area contributed by atoms with Gasteiger partial charge in [0, 0.05) is 12.4 Å². The molecule has 1 heterocycles. The maximum absolute atomic E-state index is 12.9. The Morgan fingerprint density at radius 3 is 2.21 bits per heavy atom. The summed E-state index contributed by atoms with van der Waals surface area (Å²) in [5.74, 6) is -0.702. The molecule has 1 aromatic heterocycles. The van der Waals surface area contributed by atoms with Gasteiger partial charge in [0.15, 0.2) is 0 Å². The molecular formula is C12H16F3N3O. The molecule has 0 aliphatic carbocycles. The van der Waals surface area contributed by atoms with Gasteiger partial charge in [-0.1, -0.05) is 20.8 Å². The van der Waals surface area contributed by atoms with Gasteiger partial charge in [-0.25, -0.2) is 9.97 Å². The van der Waals surface area contributed by atoms with Crippen LogP contribution in [-0.2, 0) is 11.2 Å². The summed E-state index contributed by atoms with van der Waals surface area (Å²) in [5, 5.41) is 2.03. The number of hydrogen-bond acceptors (Lipinski definition) is 3. The van der Waals surface area contributed by atoms with Crippen molar-refractivity contribution >= 4 is 5.91 Å². The van der Waals surface area contributed by atoms with Crippen molar-refractivity contribution in [2.75, 3.05) is 0 Å². The summed E-state index contributed by atoms with van der Waals surface area (Å²) >= 11 is 0. The molecule has 7 heteroatoms. The van der Waals surface area contributed by atoms with E-state index < -0.39 is 23.5 Å². The maximum Gasteiger partial charge on any atom is 0.409 e. The predicted octanol–water partition coefficient (Wildman–Crippen LogP) is 2.11. The molecule has 4 nitrogen and oxygen atoms in total. The fraction of sp³-hybridized carbons (Fsp3) is 0.583. The second-order valence-electron chi connectivity index (χ2n) is 5.33. The zero-order valence-electron chi connectivity index (χ0n) is 11.0. The molecule has 0 saturated heterocycles. The highest BCUT2D eigenvalue weighted by atomic mass is 19.4. The van der Waals surface area contributed by atoms with Gasteiger partial charge < -0.3 is 5.32 Å². The van der Waals surface area contributed by atoms with Crippen molar-refractivity contribution in [3.05, 3.63) is 24.3 Å². The average molecular weight is 275 g/mol. The molecule has 1 aromatic rings. The molecule has 0 fully saturated rings. The summed E-state index contributed by atoms with van der Waals surface area (Å²) < 4.78 is 38.6. The first-order chi connectivity index (χ1) is 8.60. The quantitative estimate of drug-likeness (QED) is 0.919. The van der Waals surface area contributed by atoms with Crippen LogP contribution in [-0.4, -0.2) is 28.1 Å². The van der Waals surface area contributed by atoms with Gasteiger partial charge in [-0.3, -0.25) is 4.79 Å². The average Bonchev–Trinajstić information content (AvgIpc) is 2.24. The lowest BCUT2D eigenvalue weighted by molar-refractivity contribution is -0.180. The second-order valence-corrected chi connectivity index (χ2v) is 5.33. The van der Waals surface area contributed by atoms with Crippen LogP contribution in [0.15, 0.2) is 18.7 Å². The SMILES string of the molecule is CC(C)(C)C(NC(=O)Cc1cncnc1)C(F)(F)F. The smallest absolute Gasteiger partial charge is 0.344 e. The zero-order chi connectivity index (χ0) is 14.7. The van der Waals surface area contributed by atoms with Crippen molar-refractivity contribution in [1.82, 2.24) is 15.3 Å². The molecule has 0 bridgehead atoms. The number of hydrogen-bond donors (Lipinski definition) is 1. The van der Waals surface area contributed by atoms with E-state index in [4.69, 9.17) is 0 Å². The number of halogens is 3. The van der Waals surface area contributed by atoms with E-state index in [1.807, 2.05) is 5.32 Å². The number of amides is 1. The van der Waals surface area contributed by atoms with E-state index in [1.54, 1.807) is 0 Å². The van der Waals surface area contributed by atoms with Gasteiger partial charge >= 0.3 is 6.18 Å². The molecule has 106 valence electrons. The van der Waals surface area contributed by atoms with Crippen LogP contribution in [0.4, 0.5) is 13.2 Å². The highest BCUT2D eigenvalue weighted by Gasteiger charge is 2.47. The Labute approximate surface area is 109 Å². The lowest BCUT2D eigenvalue weighted by Gasteiger charge is -2.33. The lowest BCUT2D eigenvalue weighted by Crippen LogP contribution is -2.53. The molecule has 0 radical (unpaired) electrons. The Morgan fingerprint density at radius 2 is 1.79 bits per heavy atom. The van der Waals surface area contributed by atoms with Crippen LogP contribution in [0, 0.1) is 5.41 Å². The summed E-state index contributed by atoms with van der Waals surface area (Å²) in [6, 6.07) is -1.89. The van der Waals surface area contributed by atoms with E-state index in [9.17, 15) is 18.0 Å². The van der Waals surface area contributed by atoms with E-state index in [0.29, 0.717) is 5.56 Å². The van der Waals surface area contributed by atoms with Crippen molar-refractivity contribution in [1.29, 1.82) is 0 Å². The van der Waals surface area contributed by atoms with E-state index in [2.05, 4.69) is 9.97 Å². The van der Waals surface area contributed by atoms with Crippen LogP contribution >= 0.6 is 0 Å². The van der Waals surface area contributed by atoms with Crippen molar-refractivity contribution in [2.45, 2.75) is 39.4 Å². The van der Waals surface area contributed by atoms with Gasteiger partial charge in [0.25, 0.3) is 0 Å².